The van der Waals surface area contributed by atoms with Gasteiger partial charge in [0, 0.05) is 19.1 Å². The van der Waals surface area contributed by atoms with Gasteiger partial charge in [-0.15, -0.1) is 0 Å². The van der Waals surface area contributed by atoms with Crippen LogP contribution in [0.3, 0.4) is 0 Å². The van der Waals surface area contributed by atoms with Gasteiger partial charge in [0.2, 0.25) is 0 Å². The zero-order chi connectivity index (χ0) is 10.6. The summed E-state index contributed by atoms with van der Waals surface area (Å²) in [5.41, 5.74) is 1.24. The Morgan fingerprint density at radius 3 is 2.57 bits per heavy atom. The van der Waals surface area contributed by atoms with E-state index in [0.29, 0.717) is 19.3 Å². The molecule has 0 spiro atoms. The molecular weight excluding hydrogens is 200 g/mol. The Labute approximate surface area is 85.1 Å². The predicted octanol–water partition coefficient (Wildman–Crippen LogP) is 1.49. The molecule has 0 aromatic rings. The van der Waals surface area contributed by atoms with Gasteiger partial charge in [-0.2, -0.15) is 0 Å². The lowest BCUT2D eigenvalue weighted by Crippen LogP contribution is -2.06. The van der Waals surface area contributed by atoms with Gasteiger partial charge in [-0.3, -0.25) is 4.79 Å². The molecule has 1 aliphatic rings. The van der Waals surface area contributed by atoms with E-state index in [1.54, 1.807) is 0 Å². The third-order valence-corrected chi connectivity index (χ3v) is 3.39. The average molecular weight is 216 g/mol. The summed E-state index contributed by atoms with van der Waals surface area (Å²) in [4.78, 5) is 10.9. The van der Waals surface area contributed by atoms with Gasteiger partial charge in [0.1, 0.15) is 15.6 Å². The Kier molecular flexibility index (Phi) is 3.86. The number of ketones is 1. The summed E-state index contributed by atoms with van der Waals surface area (Å²) in [6.07, 6.45) is 6.70. The second-order valence-corrected chi connectivity index (χ2v) is 6.10. The van der Waals surface area contributed by atoms with Crippen LogP contribution in [0.25, 0.3) is 0 Å². The van der Waals surface area contributed by atoms with Crippen molar-refractivity contribution in [3.8, 4) is 0 Å². The van der Waals surface area contributed by atoms with E-state index in [1.807, 2.05) is 6.08 Å². The number of allylic oxidation sites excluding steroid dienone is 2. The fraction of sp³-hybridized carbons (Fsp3) is 0.700. The van der Waals surface area contributed by atoms with Crippen LogP contribution in [-0.4, -0.2) is 26.2 Å². The van der Waals surface area contributed by atoms with Gasteiger partial charge in [0.15, 0.2) is 0 Å². The van der Waals surface area contributed by atoms with Crippen LogP contribution in [0, 0.1) is 0 Å². The molecule has 3 nitrogen and oxygen atoms in total. The van der Waals surface area contributed by atoms with Crippen molar-refractivity contribution in [2.45, 2.75) is 32.1 Å². The molecule has 0 amide bonds. The monoisotopic (exact) mass is 216 g/mol. The minimum absolute atomic E-state index is 0.248. The topological polar surface area (TPSA) is 51.2 Å². The second kappa shape index (κ2) is 4.73. The minimum atomic E-state index is -2.83. The first-order valence-electron chi connectivity index (χ1n) is 4.85. The zero-order valence-corrected chi connectivity index (χ0v) is 9.27. The smallest absolute Gasteiger partial charge is 0.147 e. The highest BCUT2D eigenvalue weighted by molar-refractivity contribution is 7.90. The van der Waals surface area contributed by atoms with Crippen LogP contribution in [0.4, 0.5) is 0 Å². The summed E-state index contributed by atoms with van der Waals surface area (Å²) in [5.74, 6) is 0.537. The lowest BCUT2D eigenvalue weighted by atomic mass is 9.95. The number of carbonyl (C=O) groups is 1. The largest absolute Gasteiger partial charge is 0.299 e. The van der Waals surface area contributed by atoms with Crippen molar-refractivity contribution in [1.29, 1.82) is 0 Å². The first-order chi connectivity index (χ1) is 6.47. The van der Waals surface area contributed by atoms with E-state index in [2.05, 4.69) is 0 Å². The molecule has 0 atom stereocenters. The summed E-state index contributed by atoms with van der Waals surface area (Å²) < 4.78 is 21.7. The number of Topliss-reactive ketones (excluding diaryl/α,β-unsaturated/α-hetero) is 1. The average Bonchev–Trinajstić information content (AvgIpc) is 2.06. The van der Waals surface area contributed by atoms with Crippen LogP contribution >= 0.6 is 0 Å². The molecule has 80 valence electrons. The Morgan fingerprint density at radius 1 is 1.36 bits per heavy atom. The molecule has 0 N–H and O–H groups in total. The van der Waals surface area contributed by atoms with E-state index < -0.39 is 9.84 Å². The van der Waals surface area contributed by atoms with Crippen LogP contribution in [0.1, 0.15) is 32.1 Å². The number of hydrogen-bond donors (Lipinski definition) is 0. The highest BCUT2D eigenvalue weighted by Crippen LogP contribution is 2.19. The second-order valence-electron chi connectivity index (χ2n) is 3.84. The summed E-state index contributed by atoms with van der Waals surface area (Å²) in [6, 6.07) is 0. The van der Waals surface area contributed by atoms with Crippen molar-refractivity contribution < 1.29 is 13.2 Å². The minimum Gasteiger partial charge on any atom is -0.299 e. The zero-order valence-electron chi connectivity index (χ0n) is 8.45. The number of rotatable bonds is 4. The Hall–Kier alpha value is -0.640. The number of sulfone groups is 1. The van der Waals surface area contributed by atoms with Crippen LogP contribution in [0.15, 0.2) is 11.6 Å². The molecule has 0 aromatic carbocycles. The fourth-order valence-electron chi connectivity index (χ4n) is 1.55. The highest BCUT2D eigenvalue weighted by atomic mass is 32.2. The molecular formula is C10H16O3S. The van der Waals surface area contributed by atoms with Gasteiger partial charge in [-0.25, -0.2) is 8.42 Å². The molecule has 0 radical (unpaired) electrons. The van der Waals surface area contributed by atoms with Crippen LogP contribution < -0.4 is 0 Å². The molecule has 0 aromatic heterocycles. The molecule has 1 aliphatic carbocycles. The first kappa shape index (κ1) is 11.4. The van der Waals surface area contributed by atoms with Crippen molar-refractivity contribution in [3.05, 3.63) is 11.6 Å². The van der Waals surface area contributed by atoms with E-state index in [-0.39, 0.29) is 11.5 Å². The quantitative estimate of drug-likeness (QED) is 0.669. The molecule has 0 saturated carbocycles. The van der Waals surface area contributed by atoms with E-state index in [1.165, 1.54) is 11.8 Å². The molecule has 0 bridgehead atoms. The van der Waals surface area contributed by atoms with E-state index in [4.69, 9.17) is 0 Å². The normalized spacial score (nSPS) is 18.1. The molecule has 0 unspecified atom stereocenters. The molecule has 0 aliphatic heterocycles. The lowest BCUT2D eigenvalue weighted by molar-refractivity contribution is -0.118. The van der Waals surface area contributed by atoms with Crippen molar-refractivity contribution in [3.63, 3.8) is 0 Å². The van der Waals surface area contributed by atoms with E-state index in [9.17, 15) is 13.2 Å². The molecule has 1 rings (SSSR count). The van der Waals surface area contributed by atoms with Crippen molar-refractivity contribution in [2.24, 2.45) is 0 Å². The van der Waals surface area contributed by atoms with Crippen LogP contribution in [0.2, 0.25) is 0 Å². The number of carbonyl (C=O) groups excluding carboxylic acids is 1. The first-order valence-corrected chi connectivity index (χ1v) is 6.91. The van der Waals surface area contributed by atoms with Gasteiger partial charge in [-0.05, 0) is 19.3 Å². The SMILES string of the molecule is CS(=O)(=O)CCCC1=CCC(=O)CC1. The molecule has 0 saturated heterocycles. The Balaban J connectivity index is 2.29. The standard InChI is InChI=1S/C10H16O3S/c1-14(12,13)8-2-3-9-4-6-10(11)7-5-9/h4H,2-3,5-8H2,1H3. The number of hydrogen-bond acceptors (Lipinski definition) is 3. The third-order valence-electron chi connectivity index (χ3n) is 2.36. The van der Waals surface area contributed by atoms with E-state index >= 15 is 0 Å². The third kappa shape index (κ3) is 4.56. The predicted molar refractivity (Wildman–Crippen MR) is 55.9 cm³/mol. The molecule has 14 heavy (non-hydrogen) atoms. The van der Waals surface area contributed by atoms with Crippen molar-refractivity contribution in [2.75, 3.05) is 12.0 Å². The molecule has 0 fully saturated rings. The van der Waals surface area contributed by atoms with Gasteiger partial charge in [0.25, 0.3) is 0 Å². The maximum atomic E-state index is 10.9. The van der Waals surface area contributed by atoms with E-state index in [0.717, 1.165) is 12.8 Å². The van der Waals surface area contributed by atoms with Crippen LogP contribution in [-0.2, 0) is 14.6 Å². The summed E-state index contributed by atoms with van der Waals surface area (Å²) in [6.45, 7) is 0. The summed E-state index contributed by atoms with van der Waals surface area (Å²) in [7, 11) is -2.83. The Morgan fingerprint density at radius 2 is 2.07 bits per heavy atom. The van der Waals surface area contributed by atoms with Gasteiger partial charge < -0.3 is 0 Å². The fourth-order valence-corrected chi connectivity index (χ4v) is 2.22. The maximum Gasteiger partial charge on any atom is 0.147 e. The maximum absolute atomic E-state index is 10.9. The van der Waals surface area contributed by atoms with Crippen LogP contribution in [0.5, 0.6) is 0 Å². The summed E-state index contributed by atoms with van der Waals surface area (Å²) >= 11 is 0. The molecule has 0 heterocycles. The molecule has 4 heteroatoms. The van der Waals surface area contributed by atoms with Gasteiger partial charge >= 0.3 is 0 Å². The van der Waals surface area contributed by atoms with Gasteiger partial charge in [-0.1, -0.05) is 11.6 Å². The van der Waals surface area contributed by atoms with Gasteiger partial charge in [0.05, 0.1) is 5.75 Å². The van der Waals surface area contributed by atoms with Crippen molar-refractivity contribution in [1.82, 2.24) is 0 Å². The summed E-state index contributed by atoms with van der Waals surface area (Å²) in [5, 5.41) is 0. The lowest BCUT2D eigenvalue weighted by Gasteiger charge is -2.11. The van der Waals surface area contributed by atoms with Crippen molar-refractivity contribution >= 4 is 15.6 Å². The Bertz CT molecular complexity index is 338. The highest BCUT2D eigenvalue weighted by Gasteiger charge is 2.10.